The molecule has 1 N–H and O–H groups in total. The number of nitrogens with zero attached hydrogens (tertiary/aromatic N) is 3. The first-order chi connectivity index (χ1) is 9.75. The van der Waals surface area contributed by atoms with E-state index in [0.717, 1.165) is 25.3 Å². The third-order valence-corrected chi connectivity index (χ3v) is 3.52. The highest BCUT2D eigenvalue weighted by atomic mass is 16.5. The lowest BCUT2D eigenvalue weighted by Gasteiger charge is -2.11. The minimum absolute atomic E-state index is 0.114. The second-order valence-electron chi connectivity index (χ2n) is 4.94. The highest BCUT2D eigenvalue weighted by Gasteiger charge is 2.20. The van der Waals surface area contributed by atoms with Crippen molar-refractivity contribution >= 4 is 5.91 Å². The van der Waals surface area contributed by atoms with Gasteiger partial charge in [0.15, 0.2) is 0 Å². The molecule has 1 aliphatic heterocycles. The Labute approximate surface area is 117 Å². The van der Waals surface area contributed by atoms with E-state index in [1.165, 1.54) is 0 Å². The fraction of sp³-hybridized carbons (Fsp3) is 0.429. The molecule has 0 spiro atoms. The number of amides is 1. The zero-order chi connectivity index (χ0) is 13.9. The van der Waals surface area contributed by atoms with E-state index >= 15 is 0 Å². The molecule has 6 nitrogen and oxygen atoms in total. The molecule has 0 unspecified atom stereocenters. The summed E-state index contributed by atoms with van der Waals surface area (Å²) in [5.41, 5.74) is 0.571. The highest BCUT2D eigenvalue weighted by Crippen LogP contribution is 2.15. The van der Waals surface area contributed by atoms with E-state index in [9.17, 15) is 4.79 Å². The van der Waals surface area contributed by atoms with Crippen LogP contribution in [0.5, 0.6) is 0 Å². The monoisotopic (exact) mass is 274 g/mol. The zero-order valence-corrected chi connectivity index (χ0v) is 11.5. The summed E-state index contributed by atoms with van der Waals surface area (Å²) in [5, 5.41) is 7.10. The fourth-order valence-corrected chi connectivity index (χ4v) is 2.48. The third kappa shape index (κ3) is 2.46. The Hall–Kier alpha value is -2.08. The fourth-order valence-electron chi connectivity index (χ4n) is 2.48. The molecular formula is C14H18N4O2. The summed E-state index contributed by atoms with van der Waals surface area (Å²) in [7, 11) is 1.83. The molecule has 0 bridgehead atoms. The van der Waals surface area contributed by atoms with Crippen molar-refractivity contribution in [2.75, 3.05) is 13.2 Å². The van der Waals surface area contributed by atoms with Gasteiger partial charge in [0.2, 0.25) is 0 Å². The van der Waals surface area contributed by atoms with Crippen LogP contribution in [0.15, 0.2) is 30.7 Å². The summed E-state index contributed by atoms with van der Waals surface area (Å²) < 4.78 is 9.08. The number of hydrogen-bond donors (Lipinski definition) is 1. The molecule has 1 atom stereocenters. The molecule has 106 valence electrons. The molecule has 0 aromatic carbocycles. The van der Waals surface area contributed by atoms with Crippen molar-refractivity contribution in [2.45, 2.75) is 18.9 Å². The smallest absolute Gasteiger partial charge is 0.256 e. The van der Waals surface area contributed by atoms with E-state index < -0.39 is 0 Å². The van der Waals surface area contributed by atoms with Crippen molar-refractivity contribution in [2.24, 2.45) is 7.05 Å². The van der Waals surface area contributed by atoms with Crippen molar-refractivity contribution < 1.29 is 9.53 Å². The molecule has 1 amide bonds. The van der Waals surface area contributed by atoms with Crippen molar-refractivity contribution in [1.29, 1.82) is 0 Å². The van der Waals surface area contributed by atoms with Gasteiger partial charge < -0.3 is 14.6 Å². The summed E-state index contributed by atoms with van der Waals surface area (Å²) in [5.74, 6) is 0.650. The Morgan fingerprint density at radius 2 is 2.30 bits per heavy atom. The summed E-state index contributed by atoms with van der Waals surface area (Å²) in [6.45, 7) is 1.35. The van der Waals surface area contributed by atoms with E-state index in [4.69, 9.17) is 4.74 Å². The average molecular weight is 274 g/mol. The molecule has 1 fully saturated rings. The predicted molar refractivity (Wildman–Crippen MR) is 73.8 cm³/mol. The third-order valence-electron chi connectivity index (χ3n) is 3.52. The van der Waals surface area contributed by atoms with E-state index in [1.54, 1.807) is 10.9 Å². The number of hydrogen-bond acceptors (Lipinski definition) is 3. The van der Waals surface area contributed by atoms with Gasteiger partial charge >= 0.3 is 0 Å². The van der Waals surface area contributed by atoms with E-state index in [0.29, 0.717) is 12.1 Å². The first kappa shape index (κ1) is 12.9. The van der Waals surface area contributed by atoms with Gasteiger partial charge in [-0.05, 0) is 25.0 Å². The van der Waals surface area contributed by atoms with Crippen molar-refractivity contribution in [1.82, 2.24) is 19.7 Å². The van der Waals surface area contributed by atoms with Gasteiger partial charge in [-0.2, -0.15) is 5.10 Å². The van der Waals surface area contributed by atoms with E-state index in [-0.39, 0.29) is 12.0 Å². The van der Waals surface area contributed by atoms with Crippen LogP contribution in [0.25, 0.3) is 5.82 Å². The average Bonchev–Trinajstić information content (AvgIpc) is 3.17. The quantitative estimate of drug-likeness (QED) is 0.909. The molecule has 6 heteroatoms. The second-order valence-corrected chi connectivity index (χ2v) is 4.94. The van der Waals surface area contributed by atoms with Gasteiger partial charge in [-0.15, -0.1) is 0 Å². The summed E-state index contributed by atoms with van der Waals surface area (Å²) in [6, 6.07) is 3.84. The lowest BCUT2D eigenvalue weighted by atomic mass is 10.2. The van der Waals surface area contributed by atoms with Crippen LogP contribution < -0.4 is 5.32 Å². The summed E-state index contributed by atoms with van der Waals surface area (Å²) in [6.07, 6.45) is 7.62. The van der Waals surface area contributed by atoms with Crippen LogP contribution in [0.4, 0.5) is 0 Å². The minimum Gasteiger partial charge on any atom is -0.376 e. The molecule has 0 radical (unpaired) electrons. The molecule has 2 aromatic heterocycles. The number of rotatable bonds is 4. The number of ether oxygens (including phenoxy) is 1. The number of carbonyl (C=O) groups is 1. The Bertz CT molecular complexity index is 582. The van der Waals surface area contributed by atoms with E-state index in [1.807, 2.05) is 36.1 Å². The molecule has 20 heavy (non-hydrogen) atoms. The van der Waals surface area contributed by atoms with Crippen molar-refractivity contribution in [3.8, 4) is 5.82 Å². The second kappa shape index (κ2) is 5.50. The Morgan fingerprint density at radius 3 is 3.00 bits per heavy atom. The number of carbonyl (C=O) groups excluding carboxylic acids is 1. The maximum atomic E-state index is 12.3. The summed E-state index contributed by atoms with van der Waals surface area (Å²) >= 11 is 0. The van der Waals surface area contributed by atoms with Gasteiger partial charge in [-0.25, -0.2) is 0 Å². The number of nitrogens with one attached hydrogen (secondary N) is 1. The van der Waals surface area contributed by atoms with Crippen LogP contribution in [0, 0.1) is 0 Å². The first-order valence-corrected chi connectivity index (χ1v) is 6.81. The highest BCUT2D eigenvalue weighted by molar-refractivity contribution is 5.97. The predicted octanol–water partition coefficient (Wildman–Crippen LogP) is 1.12. The molecule has 2 aromatic rings. The molecule has 1 saturated heterocycles. The maximum absolute atomic E-state index is 12.3. The lowest BCUT2D eigenvalue weighted by molar-refractivity contribution is 0.0857. The largest absolute Gasteiger partial charge is 0.376 e. The van der Waals surface area contributed by atoms with Crippen LogP contribution in [-0.2, 0) is 11.8 Å². The standard InChI is InChI=1S/C14H18N4O2/c1-17-14(18-6-2-3-7-18)12(10-16-17)13(19)15-9-11-5-4-8-20-11/h2-3,6-7,10-11H,4-5,8-9H2,1H3,(H,15,19)/t11-/m1/s1. The lowest BCUT2D eigenvalue weighted by Crippen LogP contribution is -2.32. The van der Waals surface area contributed by atoms with E-state index in [2.05, 4.69) is 10.4 Å². The molecule has 0 aliphatic carbocycles. The SMILES string of the molecule is Cn1ncc(C(=O)NC[C@H]2CCCO2)c1-n1cccc1. The van der Waals surface area contributed by atoms with Crippen molar-refractivity contribution in [3.63, 3.8) is 0 Å². The normalized spacial score (nSPS) is 18.4. The van der Waals surface area contributed by atoms with Crippen LogP contribution in [0.3, 0.4) is 0 Å². The number of aromatic nitrogens is 3. The van der Waals surface area contributed by atoms with Gasteiger partial charge in [-0.1, -0.05) is 0 Å². The van der Waals surface area contributed by atoms with Gasteiger partial charge in [-0.3, -0.25) is 9.48 Å². The van der Waals surface area contributed by atoms with Crippen molar-refractivity contribution in [3.05, 3.63) is 36.3 Å². The van der Waals surface area contributed by atoms with Gasteiger partial charge in [0.05, 0.1) is 12.3 Å². The minimum atomic E-state index is -0.114. The number of aryl methyl sites for hydroxylation is 1. The topological polar surface area (TPSA) is 61.1 Å². The Morgan fingerprint density at radius 1 is 1.50 bits per heavy atom. The zero-order valence-electron chi connectivity index (χ0n) is 11.5. The van der Waals surface area contributed by atoms with Gasteiger partial charge in [0.1, 0.15) is 11.4 Å². The molecule has 1 aliphatic rings. The molecule has 0 saturated carbocycles. The van der Waals surface area contributed by atoms with Crippen LogP contribution >= 0.6 is 0 Å². The maximum Gasteiger partial charge on any atom is 0.256 e. The molecule has 3 rings (SSSR count). The molecule has 3 heterocycles. The van der Waals surface area contributed by atoms with Crippen LogP contribution in [0.1, 0.15) is 23.2 Å². The summed E-state index contributed by atoms with van der Waals surface area (Å²) in [4.78, 5) is 12.3. The van der Waals surface area contributed by atoms with Crippen LogP contribution in [0.2, 0.25) is 0 Å². The first-order valence-electron chi connectivity index (χ1n) is 6.81. The molecular weight excluding hydrogens is 256 g/mol. The Balaban J connectivity index is 1.74. The van der Waals surface area contributed by atoms with Gasteiger partial charge in [0.25, 0.3) is 5.91 Å². The van der Waals surface area contributed by atoms with Crippen LogP contribution in [-0.4, -0.2) is 39.5 Å². The Kier molecular flexibility index (Phi) is 3.56. The van der Waals surface area contributed by atoms with Gasteiger partial charge in [0, 0.05) is 32.6 Å².